The molecule has 0 amide bonds. The molecular formula is C10H16N2O2. The molecule has 0 spiro atoms. The maximum atomic E-state index is 10.7. The minimum atomic E-state index is -0.791. The van der Waals surface area contributed by atoms with Crippen LogP contribution in [0, 0.1) is 0 Å². The molecule has 0 aromatic carbocycles. The van der Waals surface area contributed by atoms with Crippen molar-refractivity contribution in [1.82, 2.24) is 9.55 Å². The predicted molar refractivity (Wildman–Crippen MR) is 53.2 cm³/mol. The van der Waals surface area contributed by atoms with Gasteiger partial charge in [0.15, 0.2) is 0 Å². The molecule has 0 unspecified atom stereocenters. The summed E-state index contributed by atoms with van der Waals surface area (Å²) in [6.45, 7) is 6.63. The Morgan fingerprint density at radius 3 is 2.79 bits per heavy atom. The molecule has 0 fully saturated rings. The Balaban J connectivity index is 2.96. The first kappa shape index (κ1) is 10.8. The fourth-order valence-electron chi connectivity index (χ4n) is 1.60. The van der Waals surface area contributed by atoms with Gasteiger partial charge in [0.1, 0.15) is 5.82 Å². The zero-order valence-corrected chi connectivity index (χ0v) is 8.82. The number of aromatic nitrogens is 2. The highest BCUT2D eigenvalue weighted by molar-refractivity contribution is 5.68. The number of carboxylic acid groups (broad SMARTS) is 1. The van der Waals surface area contributed by atoms with Crippen molar-refractivity contribution < 1.29 is 9.90 Å². The number of carbonyl (C=O) groups is 1. The maximum absolute atomic E-state index is 10.7. The van der Waals surface area contributed by atoms with Crippen LogP contribution in [-0.4, -0.2) is 20.6 Å². The second-order valence-corrected chi connectivity index (χ2v) is 3.99. The first-order valence-electron chi connectivity index (χ1n) is 4.71. The molecule has 0 aliphatic heterocycles. The van der Waals surface area contributed by atoms with Gasteiger partial charge in [0.25, 0.3) is 0 Å². The van der Waals surface area contributed by atoms with Crippen LogP contribution in [0.3, 0.4) is 0 Å². The lowest BCUT2D eigenvalue weighted by molar-refractivity contribution is -0.138. The molecule has 78 valence electrons. The first-order valence-corrected chi connectivity index (χ1v) is 4.71. The first-order chi connectivity index (χ1) is 6.47. The van der Waals surface area contributed by atoms with Crippen LogP contribution in [0.1, 0.15) is 33.0 Å². The quantitative estimate of drug-likeness (QED) is 0.796. The molecule has 1 aromatic rings. The number of rotatable bonds is 4. The zero-order valence-electron chi connectivity index (χ0n) is 8.82. The van der Waals surface area contributed by atoms with E-state index >= 15 is 0 Å². The van der Waals surface area contributed by atoms with E-state index in [1.54, 1.807) is 6.20 Å². The minimum absolute atomic E-state index is 0.101. The summed E-state index contributed by atoms with van der Waals surface area (Å²) in [6, 6.07) is 0. The highest BCUT2D eigenvalue weighted by Gasteiger charge is 2.28. The molecular weight excluding hydrogens is 180 g/mol. The highest BCUT2D eigenvalue weighted by Crippen LogP contribution is 2.25. The molecule has 1 rings (SSSR count). The molecule has 1 heterocycles. The number of carboxylic acids is 1. The van der Waals surface area contributed by atoms with Gasteiger partial charge in [-0.05, 0) is 6.92 Å². The Bertz CT molecular complexity index is 329. The lowest BCUT2D eigenvalue weighted by Gasteiger charge is -2.22. The maximum Gasteiger partial charge on any atom is 0.304 e. The molecule has 0 saturated heterocycles. The van der Waals surface area contributed by atoms with E-state index in [0.717, 1.165) is 12.4 Å². The van der Waals surface area contributed by atoms with Gasteiger partial charge in [-0.15, -0.1) is 0 Å². The fourth-order valence-corrected chi connectivity index (χ4v) is 1.60. The van der Waals surface area contributed by atoms with Crippen LogP contribution in [0.15, 0.2) is 12.4 Å². The van der Waals surface area contributed by atoms with Gasteiger partial charge >= 0.3 is 5.97 Å². The van der Waals surface area contributed by atoms with Gasteiger partial charge in [0, 0.05) is 24.4 Å². The Hall–Kier alpha value is -1.32. The van der Waals surface area contributed by atoms with Gasteiger partial charge in [0.2, 0.25) is 0 Å². The lowest BCUT2D eigenvalue weighted by atomic mass is 9.88. The van der Waals surface area contributed by atoms with Crippen molar-refractivity contribution in [2.75, 3.05) is 0 Å². The van der Waals surface area contributed by atoms with Crippen LogP contribution in [0.5, 0.6) is 0 Å². The Morgan fingerprint density at radius 1 is 1.64 bits per heavy atom. The highest BCUT2D eigenvalue weighted by atomic mass is 16.4. The van der Waals surface area contributed by atoms with E-state index in [1.807, 2.05) is 31.5 Å². The molecule has 0 atom stereocenters. The summed E-state index contributed by atoms with van der Waals surface area (Å²) >= 11 is 0. The number of hydrogen-bond acceptors (Lipinski definition) is 2. The normalized spacial score (nSPS) is 11.6. The molecule has 14 heavy (non-hydrogen) atoms. The van der Waals surface area contributed by atoms with Crippen molar-refractivity contribution in [2.45, 2.75) is 39.2 Å². The van der Waals surface area contributed by atoms with Gasteiger partial charge in [-0.3, -0.25) is 4.79 Å². The van der Waals surface area contributed by atoms with Crippen LogP contribution >= 0.6 is 0 Å². The zero-order chi connectivity index (χ0) is 10.8. The largest absolute Gasteiger partial charge is 0.481 e. The van der Waals surface area contributed by atoms with Crippen LogP contribution < -0.4 is 0 Å². The molecule has 0 radical (unpaired) electrons. The fraction of sp³-hybridized carbons (Fsp3) is 0.600. The molecule has 1 aromatic heterocycles. The summed E-state index contributed by atoms with van der Waals surface area (Å²) < 4.78 is 1.98. The van der Waals surface area contributed by atoms with Crippen molar-refractivity contribution in [3.8, 4) is 0 Å². The summed E-state index contributed by atoms with van der Waals surface area (Å²) in [6.07, 6.45) is 3.69. The van der Waals surface area contributed by atoms with E-state index in [2.05, 4.69) is 4.98 Å². The molecule has 1 N–H and O–H groups in total. The second-order valence-electron chi connectivity index (χ2n) is 3.99. The van der Waals surface area contributed by atoms with E-state index in [-0.39, 0.29) is 6.42 Å². The van der Waals surface area contributed by atoms with Gasteiger partial charge in [0.05, 0.1) is 6.42 Å². The van der Waals surface area contributed by atoms with E-state index in [9.17, 15) is 4.79 Å². The van der Waals surface area contributed by atoms with Crippen LogP contribution in [0.25, 0.3) is 0 Å². The minimum Gasteiger partial charge on any atom is -0.481 e. The summed E-state index contributed by atoms with van der Waals surface area (Å²) in [5, 5.41) is 8.77. The van der Waals surface area contributed by atoms with Crippen LogP contribution in [0.4, 0.5) is 0 Å². The SMILES string of the molecule is CCn1ccnc1C(C)(C)CC(=O)O. The third-order valence-electron chi connectivity index (χ3n) is 2.25. The topological polar surface area (TPSA) is 55.1 Å². The number of aliphatic carboxylic acids is 1. The average Bonchev–Trinajstić information content (AvgIpc) is 2.48. The number of aryl methyl sites for hydroxylation is 1. The van der Waals surface area contributed by atoms with Gasteiger partial charge in [-0.1, -0.05) is 13.8 Å². The van der Waals surface area contributed by atoms with Gasteiger partial charge in [-0.2, -0.15) is 0 Å². The molecule has 0 aliphatic carbocycles. The van der Waals surface area contributed by atoms with E-state index in [0.29, 0.717) is 0 Å². The third-order valence-corrected chi connectivity index (χ3v) is 2.25. The van der Waals surface area contributed by atoms with Crippen molar-refractivity contribution in [3.63, 3.8) is 0 Å². The Morgan fingerprint density at radius 2 is 2.29 bits per heavy atom. The summed E-state index contributed by atoms with van der Waals surface area (Å²) in [4.78, 5) is 14.9. The molecule has 0 bridgehead atoms. The summed E-state index contributed by atoms with van der Waals surface area (Å²) in [5.74, 6) is 0.0445. The number of hydrogen-bond donors (Lipinski definition) is 1. The summed E-state index contributed by atoms with van der Waals surface area (Å²) in [7, 11) is 0. The molecule has 4 heteroatoms. The standard InChI is InChI=1S/C10H16N2O2/c1-4-12-6-5-11-9(12)10(2,3)7-8(13)14/h5-6H,4,7H2,1-3H3,(H,13,14). The summed E-state index contributed by atoms with van der Waals surface area (Å²) in [5.41, 5.74) is -0.411. The van der Waals surface area contributed by atoms with E-state index in [1.165, 1.54) is 0 Å². The lowest BCUT2D eigenvalue weighted by Crippen LogP contribution is -2.26. The molecule has 4 nitrogen and oxygen atoms in total. The molecule has 0 saturated carbocycles. The van der Waals surface area contributed by atoms with Crippen LogP contribution in [-0.2, 0) is 16.8 Å². The van der Waals surface area contributed by atoms with E-state index < -0.39 is 11.4 Å². The number of nitrogens with zero attached hydrogens (tertiary/aromatic N) is 2. The van der Waals surface area contributed by atoms with Crippen molar-refractivity contribution in [3.05, 3.63) is 18.2 Å². The van der Waals surface area contributed by atoms with Gasteiger partial charge in [-0.25, -0.2) is 4.98 Å². The Labute approximate surface area is 83.6 Å². The van der Waals surface area contributed by atoms with Crippen molar-refractivity contribution in [1.29, 1.82) is 0 Å². The van der Waals surface area contributed by atoms with Gasteiger partial charge < -0.3 is 9.67 Å². The predicted octanol–water partition coefficient (Wildman–Crippen LogP) is 1.66. The van der Waals surface area contributed by atoms with Crippen LogP contribution in [0.2, 0.25) is 0 Å². The van der Waals surface area contributed by atoms with Crippen molar-refractivity contribution in [2.24, 2.45) is 0 Å². The number of imidazole rings is 1. The Kier molecular flexibility index (Phi) is 2.93. The smallest absolute Gasteiger partial charge is 0.304 e. The van der Waals surface area contributed by atoms with Crippen molar-refractivity contribution >= 4 is 5.97 Å². The average molecular weight is 196 g/mol. The second kappa shape index (κ2) is 3.82. The third kappa shape index (κ3) is 2.13. The monoisotopic (exact) mass is 196 g/mol. The van der Waals surface area contributed by atoms with E-state index in [4.69, 9.17) is 5.11 Å². The molecule has 0 aliphatic rings.